The molecule has 0 radical (unpaired) electrons. The van der Waals surface area contributed by atoms with E-state index in [1.165, 1.54) is 11.1 Å². The Balaban J connectivity index is 2.51. The highest BCUT2D eigenvalue weighted by molar-refractivity contribution is 5.69. The number of hydrogen-bond donors (Lipinski definition) is 1. The number of benzene rings is 1. The SMILES string of the molecule is COc1cc(C)c(C)cc1-c1cc(CCN)n(C)n1. The molecule has 1 heterocycles. The van der Waals surface area contributed by atoms with Crippen LogP contribution < -0.4 is 10.5 Å². The molecule has 1 aromatic heterocycles. The average Bonchev–Trinajstić information content (AvgIpc) is 2.74. The highest BCUT2D eigenvalue weighted by Crippen LogP contribution is 2.32. The quantitative estimate of drug-likeness (QED) is 0.916. The van der Waals surface area contributed by atoms with Gasteiger partial charge in [-0.2, -0.15) is 5.10 Å². The van der Waals surface area contributed by atoms with Crippen LogP contribution in [0.15, 0.2) is 18.2 Å². The number of ether oxygens (including phenoxy) is 1. The lowest BCUT2D eigenvalue weighted by molar-refractivity contribution is 0.416. The maximum Gasteiger partial charge on any atom is 0.128 e. The van der Waals surface area contributed by atoms with Gasteiger partial charge in [-0.3, -0.25) is 4.68 Å². The van der Waals surface area contributed by atoms with Crippen LogP contribution in [0.5, 0.6) is 5.75 Å². The van der Waals surface area contributed by atoms with E-state index < -0.39 is 0 Å². The second-order valence-corrected chi connectivity index (χ2v) is 4.82. The molecule has 2 rings (SSSR count). The van der Waals surface area contributed by atoms with Crippen molar-refractivity contribution >= 4 is 0 Å². The Bertz CT molecular complexity index is 587. The van der Waals surface area contributed by atoms with Crippen molar-refractivity contribution in [1.82, 2.24) is 9.78 Å². The van der Waals surface area contributed by atoms with Crippen LogP contribution in [0.25, 0.3) is 11.3 Å². The van der Waals surface area contributed by atoms with E-state index in [0.717, 1.165) is 29.1 Å². The van der Waals surface area contributed by atoms with E-state index in [2.05, 4.69) is 37.1 Å². The van der Waals surface area contributed by atoms with Crippen molar-refractivity contribution in [3.05, 3.63) is 35.0 Å². The van der Waals surface area contributed by atoms with Crippen LogP contribution in [0.1, 0.15) is 16.8 Å². The lowest BCUT2D eigenvalue weighted by atomic mass is 10.0. The second-order valence-electron chi connectivity index (χ2n) is 4.82. The topological polar surface area (TPSA) is 53.1 Å². The number of rotatable bonds is 4. The first-order valence-corrected chi connectivity index (χ1v) is 6.45. The van der Waals surface area contributed by atoms with Gasteiger partial charge in [-0.1, -0.05) is 0 Å². The normalized spacial score (nSPS) is 10.8. The summed E-state index contributed by atoms with van der Waals surface area (Å²) in [5.74, 6) is 0.862. The van der Waals surface area contributed by atoms with Gasteiger partial charge in [0.1, 0.15) is 5.75 Å². The zero-order chi connectivity index (χ0) is 14.0. The summed E-state index contributed by atoms with van der Waals surface area (Å²) >= 11 is 0. The van der Waals surface area contributed by atoms with Crippen LogP contribution in [0.2, 0.25) is 0 Å². The minimum absolute atomic E-state index is 0.628. The van der Waals surface area contributed by atoms with E-state index in [4.69, 9.17) is 10.5 Å². The monoisotopic (exact) mass is 259 g/mol. The van der Waals surface area contributed by atoms with Crippen molar-refractivity contribution in [2.45, 2.75) is 20.3 Å². The van der Waals surface area contributed by atoms with Crippen molar-refractivity contribution < 1.29 is 4.74 Å². The lowest BCUT2D eigenvalue weighted by Gasteiger charge is -2.09. The number of nitrogens with zero attached hydrogens (tertiary/aromatic N) is 2. The van der Waals surface area contributed by atoms with Gasteiger partial charge in [0.2, 0.25) is 0 Å². The number of hydrogen-bond acceptors (Lipinski definition) is 3. The Hall–Kier alpha value is -1.81. The lowest BCUT2D eigenvalue weighted by Crippen LogP contribution is -2.06. The molecular weight excluding hydrogens is 238 g/mol. The summed E-state index contributed by atoms with van der Waals surface area (Å²) in [5.41, 5.74) is 11.2. The second kappa shape index (κ2) is 5.45. The van der Waals surface area contributed by atoms with E-state index in [0.29, 0.717) is 6.54 Å². The molecule has 2 aromatic rings. The van der Waals surface area contributed by atoms with Crippen LogP contribution in [-0.4, -0.2) is 23.4 Å². The maximum absolute atomic E-state index is 5.61. The first kappa shape index (κ1) is 13.6. The van der Waals surface area contributed by atoms with E-state index in [9.17, 15) is 0 Å². The third-order valence-electron chi connectivity index (χ3n) is 3.47. The number of aryl methyl sites for hydroxylation is 3. The van der Waals surface area contributed by atoms with Crippen LogP contribution in [0, 0.1) is 13.8 Å². The average molecular weight is 259 g/mol. The highest BCUT2D eigenvalue weighted by atomic mass is 16.5. The number of nitrogens with two attached hydrogens (primary N) is 1. The van der Waals surface area contributed by atoms with Gasteiger partial charge in [0.05, 0.1) is 12.8 Å². The van der Waals surface area contributed by atoms with Crippen molar-refractivity contribution in [1.29, 1.82) is 0 Å². The third kappa shape index (κ3) is 2.63. The first-order chi connectivity index (χ1) is 9.06. The maximum atomic E-state index is 5.61. The third-order valence-corrected chi connectivity index (χ3v) is 3.47. The first-order valence-electron chi connectivity index (χ1n) is 6.45. The van der Waals surface area contributed by atoms with E-state index in [1.54, 1.807) is 7.11 Å². The molecule has 19 heavy (non-hydrogen) atoms. The largest absolute Gasteiger partial charge is 0.496 e. The molecule has 1 aromatic carbocycles. The molecule has 0 bridgehead atoms. The molecule has 2 N–H and O–H groups in total. The Kier molecular flexibility index (Phi) is 3.90. The minimum atomic E-state index is 0.628. The fourth-order valence-electron chi connectivity index (χ4n) is 2.18. The molecule has 4 heteroatoms. The van der Waals surface area contributed by atoms with Crippen LogP contribution in [0.3, 0.4) is 0 Å². The molecule has 0 saturated heterocycles. The Morgan fingerprint density at radius 2 is 1.89 bits per heavy atom. The fraction of sp³-hybridized carbons (Fsp3) is 0.400. The van der Waals surface area contributed by atoms with Crippen molar-refractivity contribution in [3.8, 4) is 17.0 Å². The Morgan fingerprint density at radius 3 is 2.53 bits per heavy atom. The number of methoxy groups -OCH3 is 1. The molecule has 0 amide bonds. The summed E-state index contributed by atoms with van der Waals surface area (Å²) in [4.78, 5) is 0. The zero-order valence-electron chi connectivity index (χ0n) is 12.0. The smallest absolute Gasteiger partial charge is 0.128 e. The molecule has 0 unspecified atom stereocenters. The van der Waals surface area contributed by atoms with Gasteiger partial charge in [0, 0.05) is 24.7 Å². The molecule has 0 aliphatic rings. The summed E-state index contributed by atoms with van der Waals surface area (Å²) in [6, 6.07) is 6.27. The fourth-order valence-corrected chi connectivity index (χ4v) is 2.18. The van der Waals surface area contributed by atoms with E-state index in [-0.39, 0.29) is 0 Å². The van der Waals surface area contributed by atoms with Crippen LogP contribution >= 0.6 is 0 Å². The predicted molar refractivity (Wildman–Crippen MR) is 77.4 cm³/mol. The standard InChI is InChI=1S/C15H21N3O/c1-10-7-13(15(19-4)8-11(10)2)14-9-12(5-6-16)18(3)17-14/h7-9H,5-6,16H2,1-4H3. The number of aromatic nitrogens is 2. The summed E-state index contributed by atoms with van der Waals surface area (Å²) in [5, 5.41) is 4.56. The summed E-state index contributed by atoms with van der Waals surface area (Å²) in [6.45, 7) is 4.81. The molecule has 0 fully saturated rings. The van der Waals surface area contributed by atoms with Crippen LogP contribution in [-0.2, 0) is 13.5 Å². The Morgan fingerprint density at radius 1 is 1.21 bits per heavy atom. The zero-order valence-corrected chi connectivity index (χ0v) is 12.0. The van der Waals surface area contributed by atoms with Gasteiger partial charge in [-0.25, -0.2) is 0 Å². The van der Waals surface area contributed by atoms with Gasteiger partial charge in [0.15, 0.2) is 0 Å². The van der Waals surface area contributed by atoms with Gasteiger partial charge >= 0.3 is 0 Å². The van der Waals surface area contributed by atoms with Crippen LogP contribution in [0.4, 0.5) is 0 Å². The molecule has 4 nitrogen and oxygen atoms in total. The van der Waals surface area contributed by atoms with Crippen molar-refractivity contribution in [2.75, 3.05) is 13.7 Å². The summed E-state index contributed by atoms with van der Waals surface area (Å²) < 4.78 is 7.36. The summed E-state index contributed by atoms with van der Waals surface area (Å²) in [6.07, 6.45) is 0.830. The molecule has 0 atom stereocenters. The Labute approximate surface area is 114 Å². The molecular formula is C15H21N3O. The molecule has 0 aliphatic heterocycles. The van der Waals surface area contributed by atoms with Gasteiger partial charge in [-0.15, -0.1) is 0 Å². The molecule has 0 aliphatic carbocycles. The molecule has 0 spiro atoms. The van der Waals surface area contributed by atoms with Crippen molar-refractivity contribution in [2.24, 2.45) is 12.8 Å². The van der Waals surface area contributed by atoms with Gasteiger partial charge in [0.25, 0.3) is 0 Å². The highest BCUT2D eigenvalue weighted by Gasteiger charge is 2.13. The van der Waals surface area contributed by atoms with E-state index in [1.807, 2.05) is 11.7 Å². The van der Waals surface area contributed by atoms with Crippen molar-refractivity contribution in [3.63, 3.8) is 0 Å². The van der Waals surface area contributed by atoms with Gasteiger partial charge in [-0.05, 0) is 49.7 Å². The van der Waals surface area contributed by atoms with Gasteiger partial charge < -0.3 is 10.5 Å². The minimum Gasteiger partial charge on any atom is -0.496 e. The molecule has 0 saturated carbocycles. The molecule has 102 valence electrons. The summed E-state index contributed by atoms with van der Waals surface area (Å²) in [7, 11) is 3.64. The predicted octanol–water partition coefficient (Wildman–Crippen LogP) is 2.21. The van der Waals surface area contributed by atoms with E-state index >= 15 is 0 Å².